The molecule has 17 heavy (non-hydrogen) atoms. The smallest absolute Gasteiger partial charge is 0.330 e. The number of unbranched alkanes of at least 4 members (excludes halogenated alkanes) is 3. The van der Waals surface area contributed by atoms with E-state index in [1.54, 1.807) is 6.92 Å². The molecule has 0 bridgehead atoms. The summed E-state index contributed by atoms with van der Waals surface area (Å²) in [6.07, 6.45) is 10.8. The van der Waals surface area contributed by atoms with Gasteiger partial charge in [0.1, 0.15) is 0 Å². The summed E-state index contributed by atoms with van der Waals surface area (Å²) < 4.78 is 4.78. The van der Waals surface area contributed by atoms with Crippen LogP contribution < -0.4 is 0 Å². The zero-order valence-electron chi connectivity index (χ0n) is 10.9. The molecule has 0 aliphatic heterocycles. The predicted molar refractivity (Wildman–Crippen MR) is 69.7 cm³/mol. The number of aliphatic hydroxyl groups is 1. The quantitative estimate of drug-likeness (QED) is 0.292. The van der Waals surface area contributed by atoms with Crippen molar-refractivity contribution in [2.45, 2.75) is 46.0 Å². The van der Waals surface area contributed by atoms with Crippen molar-refractivity contribution in [2.24, 2.45) is 0 Å². The van der Waals surface area contributed by atoms with Crippen molar-refractivity contribution in [1.29, 1.82) is 0 Å². The Morgan fingerprint density at radius 2 is 2.00 bits per heavy atom. The number of ether oxygens (including phenoxy) is 1. The molecule has 0 rings (SSSR count). The minimum Gasteiger partial charge on any atom is -0.463 e. The third-order valence-electron chi connectivity index (χ3n) is 2.33. The Kier molecular flexibility index (Phi) is 10.7. The molecular weight excluding hydrogens is 216 g/mol. The first-order valence-electron chi connectivity index (χ1n) is 6.36. The summed E-state index contributed by atoms with van der Waals surface area (Å²) in [7, 11) is 0. The average molecular weight is 240 g/mol. The Bertz CT molecular complexity index is 254. The largest absolute Gasteiger partial charge is 0.463 e. The van der Waals surface area contributed by atoms with Crippen LogP contribution in [-0.2, 0) is 9.53 Å². The zero-order valence-corrected chi connectivity index (χ0v) is 10.9. The van der Waals surface area contributed by atoms with Gasteiger partial charge < -0.3 is 9.84 Å². The first-order chi connectivity index (χ1) is 8.24. The molecule has 3 heteroatoms. The lowest BCUT2D eigenvalue weighted by atomic mass is 10.1. The number of hydrogen-bond donors (Lipinski definition) is 1. The summed E-state index contributed by atoms with van der Waals surface area (Å²) in [4.78, 5) is 11.2. The van der Waals surface area contributed by atoms with Crippen LogP contribution >= 0.6 is 0 Å². The standard InChI is InChI=1S/C14H24O3/c1-3-5-6-7-8-9-10-13(12-15)11-14(16)17-4-2/h8-9,11,15H,3-7,10,12H2,1-2H3/b9-8+,13-11-. The van der Waals surface area contributed by atoms with Gasteiger partial charge in [-0.3, -0.25) is 0 Å². The summed E-state index contributed by atoms with van der Waals surface area (Å²) in [5.41, 5.74) is 0.690. The molecule has 1 N–H and O–H groups in total. The summed E-state index contributed by atoms with van der Waals surface area (Å²) in [6.45, 7) is 4.20. The fourth-order valence-electron chi connectivity index (χ4n) is 1.38. The molecule has 0 amide bonds. The maximum absolute atomic E-state index is 11.2. The van der Waals surface area contributed by atoms with Crippen LogP contribution in [-0.4, -0.2) is 24.3 Å². The molecule has 0 saturated heterocycles. The van der Waals surface area contributed by atoms with E-state index in [9.17, 15) is 4.79 Å². The Labute approximate surface area is 104 Å². The summed E-state index contributed by atoms with van der Waals surface area (Å²) in [5, 5.41) is 9.07. The monoisotopic (exact) mass is 240 g/mol. The van der Waals surface area contributed by atoms with E-state index in [0.29, 0.717) is 18.6 Å². The van der Waals surface area contributed by atoms with E-state index in [4.69, 9.17) is 9.84 Å². The molecule has 0 aromatic heterocycles. The number of esters is 1. The van der Waals surface area contributed by atoms with Crippen LogP contribution in [0, 0.1) is 0 Å². The molecule has 0 radical (unpaired) electrons. The molecule has 0 unspecified atom stereocenters. The highest BCUT2D eigenvalue weighted by molar-refractivity contribution is 5.82. The van der Waals surface area contributed by atoms with Crippen LogP contribution in [0.4, 0.5) is 0 Å². The van der Waals surface area contributed by atoms with E-state index in [-0.39, 0.29) is 12.6 Å². The van der Waals surface area contributed by atoms with Crippen molar-refractivity contribution in [3.63, 3.8) is 0 Å². The van der Waals surface area contributed by atoms with Gasteiger partial charge in [0.15, 0.2) is 0 Å². The Hall–Kier alpha value is -1.09. The number of aliphatic hydroxyl groups excluding tert-OH is 1. The molecule has 3 nitrogen and oxygen atoms in total. The zero-order chi connectivity index (χ0) is 12.9. The number of carbonyl (C=O) groups is 1. The van der Waals surface area contributed by atoms with E-state index in [1.807, 2.05) is 6.08 Å². The fourth-order valence-corrected chi connectivity index (χ4v) is 1.38. The van der Waals surface area contributed by atoms with E-state index in [1.165, 1.54) is 25.3 Å². The molecule has 0 spiro atoms. The van der Waals surface area contributed by atoms with Crippen LogP contribution in [0.25, 0.3) is 0 Å². The number of hydrogen-bond acceptors (Lipinski definition) is 3. The Balaban J connectivity index is 3.92. The normalized spacial score (nSPS) is 12.1. The minimum absolute atomic E-state index is 0.0991. The van der Waals surface area contributed by atoms with Gasteiger partial charge in [-0.25, -0.2) is 4.79 Å². The molecule has 0 aromatic carbocycles. The third kappa shape index (κ3) is 9.82. The van der Waals surface area contributed by atoms with Crippen LogP contribution in [0.15, 0.2) is 23.8 Å². The van der Waals surface area contributed by atoms with Crippen LogP contribution in [0.5, 0.6) is 0 Å². The minimum atomic E-state index is -0.379. The molecule has 0 fully saturated rings. The van der Waals surface area contributed by atoms with Gasteiger partial charge >= 0.3 is 5.97 Å². The van der Waals surface area contributed by atoms with E-state index in [0.717, 1.165) is 6.42 Å². The lowest BCUT2D eigenvalue weighted by Crippen LogP contribution is -2.02. The van der Waals surface area contributed by atoms with Crippen LogP contribution in [0.1, 0.15) is 46.0 Å². The molecule has 0 heterocycles. The molecule has 98 valence electrons. The Morgan fingerprint density at radius 3 is 2.59 bits per heavy atom. The lowest BCUT2D eigenvalue weighted by Gasteiger charge is -2.00. The maximum atomic E-state index is 11.2. The summed E-state index contributed by atoms with van der Waals surface area (Å²) in [5.74, 6) is -0.379. The first kappa shape index (κ1) is 15.9. The molecular formula is C14H24O3. The maximum Gasteiger partial charge on any atom is 0.330 e. The van der Waals surface area contributed by atoms with Crippen molar-refractivity contribution in [3.05, 3.63) is 23.8 Å². The van der Waals surface area contributed by atoms with Gasteiger partial charge in [0.25, 0.3) is 0 Å². The lowest BCUT2D eigenvalue weighted by molar-refractivity contribution is -0.137. The second-order valence-electron chi connectivity index (χ2n) is 3.88. The van der Waals surface area contributed by atoms with Crippen LogP contribution in [0.3, 0.4) is 0 Å². The van der Waals surface area contributed by atoms with Gasteiger partial charge in [-0.2, -0.15) is 0 Å². The molecule has 0 aliphatic rings. The van der Waals surface area contributed by atoms with Crippen molar-refractivity contribution < 1.29 is 14.6 Å². The van der Waals surface area contributed by atoms with E-state index in [2.05, 4.69) is 13.0 Å². The second kappa shape index (κ2) is 11.4. The van der Waals surface area contributed by atoms with Gasteiger partial charge in [0.2, 0.25) is 0 Å². The van der Waals surface area contributed by atoms with Crippen molar-refractivity contribution in [1.82, 2.24) is 0 Å². The van der Waals surface area contributed by atoms with Crippen LogP contribution in [0.2, 0.25) is 0 Å². The van der Waals surface area contributed by atoms with E-state index < -0.39 is 0 Å². The third-order valence-corrected chi connectivity index (χ3v) is 2.33. The van der Waals surface area contributed by atoms with E-state index >= 15 is 0 Å². The van der Waals surface area contributed by atoms with Gasteiger partial charge in [-0.1, -0.05) is 31.9 Å². The topological polar surface area (TPSA) is 46.5 Å². The summed E-state index contributed by atoms with van der Waals surface area (Å²) in [6, 6.07) is 0. The highest BCUT2D eigenvalue weighted by Gasteiger charge is 1.99. The van der Waals surface area contributed by atoms with Crippen molar-refractivity contribution >= 4 is 5.97 Å². The highest BCUT2D eigenvalue weighted by Crippen LogP contribution is 2.05. The molecule has 0 saturated carbocycles. The number of carbonyl (C=O) groups excluding carboxylic acids is 1. The Morgan fingerprint density at radius 1 is 1.24 bits per heavy atom. The van der Waals surface area contributed by atoms with Gasteiger partial charge in [-0.15, -0.1) is 0 Å². The first-order valence-corrected chi connectivity index (χ1v) is 6.36. The number of rotatable bonds is 9. The SMILES string of the molecule is CCCCC/C=C/C/C(=C/C(=O)OCC)CO. The van der Waals surface area contributed by atoms with Gasteiger partial charge in [0.05, 0.1) is 13.2 Å². The predicted octanol–water partition coefficient (Wildman–Crippen LogP) is 2.99. The van der Waals surface area contributed by atoms with Crippen molar-refractivity contribution in [2.75, 3.05) is 13.2 Å². The molecule has 0 aliphatic carbocycles. The van der Waals surface area contributed by atoms with Crippen molar-refractivity contribution in [3.8, 4) is 0 Å². The fraction of sp³-hybridized carbons (Fsp3) is 0.643. The van der Waals surface area contributed by atoms with Gasteiger partial charge in [0, 0.05) is 6.08 Å². The highest BCUT2D eigenvalue weighted by atomic mass is 16.5. The van der Waals surface area contributed by atoms with Gasteiger partial charge in [-0.05, 0) is 31.8 Å². The number of allylic oxidation sites excluding steroid dienone is 2. The molecule has 0 aromatic rings. The second-order valence-corrected chi connectivity index (χ2v) is 3.88. The average Bonchev–Trinajstić information content (AvgIpc) is 2.32. The molecule has 0 atom stereocenters. The summed E-state index contributed by atoms with van der Waals surface area (Å²) >= 11 is 0.